The smallest absolute Gasteiger partial charge is 0.191 e. The fraction of sp³-hybridized carbons (Fsp3) is 0.588. The number of nitrogens with one attached hydrogen (secondary N) is 2. The molecule has 136 valence electrons. The van der Waals surface area contributed by atoms with E-state index in [-0.39, 0.29) is 29.4 Å². The van der Waals surface area contributed by atoms with E-state index in [1.807, 2.05) is 18.2 Å². The average molecular weight is 468 g/mol. The SMILES string of the molecule is CN=C(NCCOC)NCC1(c2ccccc2Cl)CCOCC1.I. The number of ether oxygens (including phenoxy) is 2. The van der Waals surface area contributed by atoms with E-state index in [4.69, 9.17) is 21.1 Å². The van der Waals surface area contributed by atoms with Gasteiger partial charge in [-0.05, 0) is 24.5 Å². The molecule has 1 aliphatic rings. The Bertz CT molecular complexity index is 522. The summed E-state index contributed by atoms with van der Waals surface area (Å²) in [6.07, 6.45) is 1.89. The van der Waals surface area contributed by atoms with Crippen LogP contribution in [0.2, 0.25) is 5.02 Å². The average Bonchev–Trinajstić information content (AvgIpc) is 2.59. The first-order chi connectivity index (χ1) is 11.2. The quantitative estimate of drug-likeness (QED) is 0.292. The molecule has 1 aliphatic heterocycles. The van der Waals surface area contributed by atoms with Crippen LogP contribution < -0.4 is 10.6 Å². The molecule has 24 heavy (non-hydrogen) atoms. The molecular formula is C17H27ClIN3O2. The van der Waals surface area contributed by atoms with Gasteiger partial charge in [-0.3, -0.25) is 4.99 Å². The highest BCUT2D eigenvalue weighted by molar-refractivity contribution is 14.0. The van der Waals surface area contributed by atoms with Crippen LogP contribution >= 0.6 is 35.6 Å². The maximum Gasteiger partial charge on any atom is 0.191 e. The molecule has 2 rings (SSSR count). The van der Waals surface area contributed by atoms with Gasteiger partial charge in [0.1, 0.15) is 0 Å². The standard InChI is InChI=1S/C17H26ClN3O2.HI/c1-19-16(20-9-12-22-2)21-13-17(7-10-23-11-8-17)14-5-3-4-6-15(14)18;/h3-6H,7-13H2,1-2H3,(H2,19,20,21);1H. The molecule has 1 aromatic rings. The van der Waals surface area contributed by atoms with Crippen LogP contribution in [0, 0.1) is 0 Å². The number of methoxy groups -OCH3 is 1. The third-order valence-corrected chi connectivity index (χ3v) is 4.64. The van der Waals surface area contributed by atoms with E-state index in [1.54, 1.807) is 14.2 Å². The Morgan fingerprint density at radius 2 is 2.00 bits per heavy atom. The van der Waals surface area contributed by atoms with Crippen LogP contribution in [0.4, 0.5) is 0 Å². The zero-order valence-corrected chi connectivity index (χ0v) is 17.4. The van der Waals surface area contributed by atoms with Gasteiger partial charge in [-0.1, -0.05) is 29.8 Å². The first-order valence-electron chi connectivity index (χ1n) is 7.98. The summed E-state index contributed by atoms with van der Waals surface area (Å²) in [5.74, 6) is 0.778. The summed E-state index contributed by atoms with van der Waals surface area (Å²) in [4.78, 5) is 4.27. The van der Waals surface area contributed by atoms with Gasteiger partial charge in [-0.25, -0.2) is 0 Å². The number of benzene rings is 1. The first-order valence-corrected chi connectivity index (χ1v) is 8.36. The molecule has 7 heteroatoms. The van der Waals surface area contributed by atoms with Crippen molar-refractivity contribution in [3.05, 3.63) is 34.9 Å². The molecule has 1 fully saturated rings. The van der Waals surface area contributed by atoms with Crippen LogP contribution in [0.5, 0.6) is 0 Å². The highest BCUT2D eigenvalue weighted by Crippen LogP contribution is 2.38. The Morgan fingerprint density at radius 1 is 1.29 bits per heavy atom. The predicted molar refractivity (Wildman–Crippen MR) is 110 cm³/mol. The molecule has 1 heterocycles. The minimum atomic E-state index is -0.0323. The lowest BCUT2D eigenvalue weighted by Gasteiger charge is -2.38. The Balaban J connectivity index is 0.00000288. The molecule has 5 nitrogen and oxygen atoms in total. The summed E-state index contributed by atoms with van der Waals surface area (Å²) in [7, 11) is 3.46. The number of halogens is 2. The van der Waals surface area contributed by atoms with E-state index in [0.29, 0.717) is 6.61 Å². The number of guanidine groups is 1. The van der Waals surface area contributed by atoms with Crippen LogP contribution in [0.15, 0.2) is 29.3 Å². The monoisotopic (exact) mass is 467 g/mol. The molecular weight excluding hydrogens is 441 g/mol. The minimum Gasteiger partial charge on any atom is -0.383 e. The van der Waals surface area contributed by atoms with Crippen molar-refractivity contribution in [2.24, 2.45) is 4.99 Å². The fourth-order valence-corrected chi connectivity index (χ4v) is 3.28. The molecule has 1 saturated heterocycles. The Kier molecular flexibility index (Phi) is 9.95. The van der Waals surface area contributed by atoms with E-state index in [9.17, 15) is 0 Å². The minimum absolute atomic E-state index is 0. The molecule has 0 amide bonds. The molecule has 0 saturated carbocycles. The third-order valence-electron chi connectivity index (χ3n) is 4.31. The van der Waals surface area contributed by atoms with Gasteiger partial charge in [0.25, 0.3) is 0 Å². The molecule has 0 aromatic heterocycles. The summed E-state index contributed by atoms with van der Waals surface area (Å²) in [5.41, 5.74) is 1.15. The second kappa shape index (κ2) is 11.1. The largest absolute Gasteiger partial charge is 0.383 e. The lowest BCUT2D eigenvalue weighted by molar-refractivity contribution is 0.0514. The van der Waals surface area contributed by atoms with Gasteiger partial charge in [-0.2, -0.15) is 0 Å². The number of hydrogen-bond donors (Lipinski definition) is 2. The fourth-order valence-electron chi connectivity index (χ4n) is 2.94. The van der Waals surface area contributed by atoms with Crippen molar-refractivity contribution in [1.29, 1.82) is 0 Å². The molecule has 0 unspecified atom stereocenters. The highest BCUT2D eigenvalue weighted by atomic mass is 127. The van der Waals surface area contributed by atoms with Crippen molar-refractivity contribution in [2.75, 3.05) is 47.1 Å². The number of nitrogens with zero attached hydrogens (tertiary/aromatic N) is 1. The van der Waals surface area contributed by atoms with E-state index >= 15 is 0 Å². The molecule has 0 radical (unpaired) electrons. The van der Waals surface area contributed by atoms with Gasteiger partial charge in [-0.15, -0.1) is 24.0 Å². The van der Waals surface area contributed by atoms with E-state index < -0.39 is 0 Å². The van der Waals surface area contributed by atoms with Crippen molar-refractivity contribution >= 4 is 41.5 Å². The van der Waals surface area contributed by atoms with Gasteiger partial charge < -0.3 is 20.1 Å². The Hall–Kier alpha value is -0.570. The molecule has 0 atom stereocenters. The number of hydrogen-bond acceptors (Lipinski definition) is 3. The molecule has 1 aromatic carbocycles. The second-order valence-electron chi connectivity index (χ2n) is 5.72. The normalized spacial score (nSPS) is 17.0. The second-order valence-corrected chi connectivity index (χ2v) is 6.13. The molecule has 0 spiro atoms. The van der Waals surface area contributed by atoms with Gasteiger partial charge >= 0.3 is 0 Å². The van der Waals surface area contributed by atoms with Crippen molar-refractivity contribution in [3.8, 4) is 0 Å². The van der Waals surface area contributed by atoms with Crippen molar-refractivity contribution < 1.29 is 9.47 Å². The van der Waals surface area contributed by atoms with Gasteiger partial charge in [0.15, 0.2) is 5.96 Å². The van der Waals surface area contributed by atoms with Crippen molar-refractivity contribution in [3.63, 3.8) is 0 Å². The zero-order valence-electron chi connectivity index (χ0n) is 14.3. The van der Waals surface area contributed by atoms with Gasteiger partial charge in [0.05, 0.1) is 6.61 Å². The van der Waals surface area contributed by atoms with Crippen LogP contribution in [0.1, 0.15) is 18.4 Å². The maximum absolute atomic E-state index is 6.47. The van der Waals surface area contributed by atoms with Crippen molar-refractivity contribution in [1.82, 2.24) is 10.6 Å². The number of rotatable bonds is 6. The van der Waals surface area contributed by atoms with Crippen LogP contribution in [0.25, 0.3) is 0 Å². The summed E-state index contributed by atoms with van der Waals surface area (Å²) in [5, 5.41) is 7.49. The maximum atomic E-state index is 6.47. The summed E-state index contributed by atoms with van der Waals surface area (Å²) in [6.45, 7) is 3.64. The molecule has 0 aliphatic carbocycles. The molecule has 0 bridgehead atoms. The lowest BCUT2D eigenvalue weighted by Crippen LogP contribution is -2.48. The van der Waals surface area contributed by atoms with E-state index in [2.05, 4.69) is 21.7 Å². The Labute approximate surface area is 166 Å². The summed E-state index contributed by atoms with van der Waals surface area (Å²) in [6, 6.07) is 8.10. The third kappa shape index (κ3) is 5.75. The topological polar surface area (TPSA) is 54.9 Å². The highest BCUT2D eigenvalue weighted by Gasteiger charge is 2.36. The number of aliphatic imine (C=N–C) groups is 1. The van der Waals surface area contributed by atoms with E-state index in [1.165, 1.54) is 5.56 Å². The zero-order chi connectivity index (χ0) is 16.5. The van der Waals surface area contributed by atoms with Crippen LogP contribution in [-0.2, 0) is 14.9 Å². The van der Waals surface area contributed by atoms with E-state index in [0.717, 1.165) is 50.1 Å². The molecule has 2 N–H and O–H groups in total. The van der Waals surface area contributed by atoms with Crippen molar-refractivity contribution in [2.45, 2.75) is 18.3 Å². The summed E-state index contributed by atoms with van der Waals surface area (Å²) >= 11 is 6.47. The van der Waals surface area contributed by atoms with Gasteiger partial charge in [0, 0.05) is 50.9 Å². The summed E-state index contributed by atoms with van der Waals surface area (Å²) < 4.78 is 10.6. The van der Waals surface area contributed by atoms with Gasteiger partial charge in [0.2, 0.25) is 0 Å². The predicted octanol–water partition coefficient (Wildman–Crippen LogP) is 2.82. The Morgan fingerprint density at radius 3 is 2.62 bits per heavy atom. The lowest BCUT2D eigenvalue weighted by atomic mass is 9.74. The van der Waals surface area contributed by atoms with Crippen LogP contribution in [-0.4, -0.2) is 53.0 Å². The first kappa shape index (κ1) is 21.5. The van der Waals surface area contributed by atoms with Crippen LogP contribution in [0.3, 0.4) is 0 Å².